The molecule has 0 fully saturated rings. The molecule has 2 aromatic rings. The van der Waals surface area contributed by atoms with E-state index in [0.717, 1.165) is 11.1 Å². The van der Waals surface area contributed by atoms with Crippen LogP contribution in [0.2, 0.25) is 0 Å². The Kier molecular flexibility index (Phi) is 8.82. The van der Waals surface area contributed by atoms with Crippen LogP contribution in [0.5, 0.6) is 0 Å². The van der Waals surface area contributed by atoms with E-state index in [4.69, 9.17) is 0 Å². The number of benzene rings is 2. The van der Waals surface area contributed by atoms with Gasteiger partial charge in [-0.05, 0) is 22.1 Å². The Hall–Kier alpha value is -2.25. The van der Waals surface area contributed by atoms with Gasteiger partial charge in [-0.25, -0.2) is 0 Å². The van der Waals surface area contributed by atoms with E-state index in [1.165, 1.54) is 5.56 Å². The number of hydrogen-bond acceptors (Lipinski definition) is 3. The SMILES string of the molecule is CC(C)(C)c1ccc(C(CC(=O)N(CC[N+](C)(C)[O-])CC[N+](C)(C)[O-])c2ccccc2)cc1. The third kappa shape index (κ3) is 9.26. The lowest BCUT2D eigenvalue weighted by atomic mass is 9.83. The van der Waals surface area contributed by atoms with Gasteiger partial charge in [0.05, 0.1) is 54.4 Å². The smallest absolute Gasteiger partial charge is 0.223 e. The Labute approximate surface area is 199 Å². The largest absolute Gasteiger partial charge is 0.633 e. The zero-order valence-electron chi connectivity index (χ0n) is 21.4. The average Bonchev–Trinajstić information content (AvgIpc) is 2.70. The van der Waals surface area contributed by atoms with E-state index in [0.29, 0.717) is 13.1 Å². The Morgan fingerprint density at radius 1 is 0.818 bits per heavy atom. The highest BCUT2D eigenvalue weighted by molar-refractivity contribution is 5.78. The van der Waals surface area contributed by atoms with Crippen molar-refractivity contribution in [3.63, 3.8) is 0 Å². The van der Waals surface area contributed by atoms with E-state index in [1.807, 2.05) is 18.2 Å². The maximum absolute atomic E-state index is 13.5. The molecular weight excluding hydrogens is 414 g/mol. The molecule has 0 radical (unpaired) electrons. The van der Waals surface area contributed by atoms with E-state index in [2.05, 4.69) is 57.2 Å². The summed E-state index contributed by atoms with van der Waals surface area (Å²) in [7, 11) is 6.28. The number of carbonyl (C=O) groups excluding carboxylic acids is 1. The van der Waals surface area contributed by atoms with Crippen molar-refractivity contribution in [1.82, 2.24) is 4.90 Å². The molecule has 2 rings (SSSR count). The summed E-state index contributed by atoms with van der Waals surface area (Å²) in [6, 6.07) is 18.6. The third-order valence-corrected chi connectivity index (χ3v) is 5.93. The molecule has 6 nitrogen and oxygen atoms in total. The van der Waals surface area contributed by atoms with E-state index >= 15 is 0 Å². The van der Waals surface area contributed by atoms with Gasteiger partial charge in [-0.2, -0.15) is 0 Å². The molecule has 0 aromatic heterocycles. The Morgan fingerprint density at radius 3 is 1.70 bits per heavy atom. The van der Waals surface area contributed by atoms with E-state index in [-0.39, 0.29) is 36.8 Å². The van der Waals surface area contributed by atoms with Crippen LogP contribution in [0.15, 0.2) is 54.6 Å². The van der Waals surface area contributed by atoms with Gasteiger partial charge in [-0.1, -0.05) is 75.4 Å². The summed E-state index contributed by atoms with van der Waals surface area (Å²) in [5, 5.41) is 24.3. The number of hydroxylamine groups is 6. The third-order valence-electron chi connectivity index (χ3n) is 5.93. The van der Waals surface area contributed by atoms with Crippen molar-refractivity contribution in [3.8, 4) is 0 Å². The van der Waals surface area contributed by atoms with Crippen molar-refractivity contribution >= 4 is 5.91 Å². The quantitative estimate of drug-likeness (QED) is 0.392. The predicted molar refractivity (Wildman–Crippen MR) is 135 cm³/mol. The Balaban J connectivity index is 2.31. The van der Waals surface area contributed by atoms with Gasteiger partial charge in [0.2, 0.25) is 5.91 Å². The van der Waals surface area contributed by atoms with E-state index < -0.39 is 9.29 Å². The molecule has 182 valence electrons. The summed E-state index contributed by atoms with van der Waals surface area (Å²) in [5.41, 5.74) is 3.47. The van der Waals surface area contributed by atoms with Crippen molar-refractivity contribution in [1.29, 1.82) is 0 Å². The maximum Gasteiger partial charge on any atom is 0.223 e. The molecule has 6 heteroatoms. The number of nitrogens with zero attached hydrogens (tertiary/aromatic N) is 3. The van der Waals surface area contributed by atoms with Gasteiger partial charge in [-0.3, -0.25) is 4.79 Å². The highest BCUT2D eigenvalue weighted by Crippen LogP contribution is 2.31. The van der Waals surface area contributed by atoms with E-state index in [1.54, 1.807) is 33.1 Å². The van der Waals surface area contributed by atoms with Gasteiger partial charge >= 0.3 is 0 Å². The fourth-order valence-electron chi connectivity index (χ4n) is 3.72. The van der Waals surface area contributed by atoms with Gasteiger partial charge in [0.1, 0.15) is 0 Å². The summed E-state index contributed by atoms with van der Waals surface area (Å²) in [4.78, 5) is 15.2. The van der Waals surface area contributed by atoms with Crippen molar-refractivity contribution in [2.24, 2.45) is 0 Å². The molecule has 0 aliphatic rings. The van der Waals surface area contributed by atoms with Crippen molar-refractivity contribution in [3.05, 3.63) is 81.7 Å². The Bertz CT molecular complexity index is 858. The maximum atomic E-state index is 13.5. The van der Waals surface area contributed by atoms with Crippen LogP contribution < -0.4 is 0 Å². The van der Waals surface area contributed by atoms with Gasteiger partial charge in [-0.15, -0.1) is 0 Å². The lowest BCUT2D eigenvalue weighted by Crippen LogP contribution is -2.47. The monoisotopic (exact) mass is 455 g/mol. The minimum absolute atomic E-state index is 0.0364. The minimum Gasteiger partial charge on any atom is -0.633 e. The van der Waals surface area contributed by atoms with Gasteiger partial charge in [0.25, 0.3) is 0 Å². The number of amides is 1. The summed E-state index contributed by atoms with van der Waals surface area (Å²) in [5.74, 6) is -0.134. The van der Waals surface area contributed by atoms with Gasteiger partial charge < -0.3 is 24.6 Å². The van der Waals surface area contributed by atoms with Crippen molar-refractivity contribution < 1.29 is 14.1 Å². The number of hydrogen-bond donors (Lipinski definition) is 0. The number of rotatable bonds is 10. The number of quaternary nitrogens is 2. The molecule has 0 spiro atoms. The molecule has 2 aromatic carbocycles. The molecular formula is C27H41N3O3. The summed E-state index contributed by atoms with van der Waals surface area (Å²) >= 11 is 0. The minimum atomic E-state index is -0.476. The summed E-state index contributed by atoms with van der Waals surface area (Å²) in [6.45, 7) is 7.79. The molecule has 1 amide bonds. The van der Waals surface area contributed by atoms with Gasteiger partial charge in [0, 0.05) is 12.3 Å². The molecule has 0 bridgehead atoms. The van der Waals surface area contributed by atoms with Crippen LogP contribution in [0.3, 0.4) is 0 Å². The molecule has 0 aliphatic heterocycles. The van der Waals surface area contributed by atoms with Gasteiger partial charge in [0.15, 0.2) is 0 Å². The first kappa shape index (κ1) is 27.0. The molecule has 0 saturated carbocycles. The number of carbonyl (C=O) groups is 1. The zero-order valence-corrected chi connectivity index (χ0v) is 21.4. The highest BCUT2D eigenvalue weighted by atomic mass is 16.5. The van der Waals surface area contributed by atoms with Crippen LogP contribution in [-0.2, 0) is 10.2 Å². The van der Waals surface area contributed by atoms with Crippen LogP contribution in [0.25, 0.3) is 0 Å². The van der Waals surface area contributed by atoms with Crippen LogP contribution in [0.1, 0.15) is 49.8 Å². The second kappa shape index (κ2) is 10.8. The topological polar surface area (TPSA) is 66.4 Å². The molecule has 0 heterocycles. The predicted octanol–water partition coefficient (Wildman–Crippen LogP) is 4.48. The highest BCUT2D eigenvalue weighted by Gasteiger charge is 2.24. The summed E-state index contributed by atoms with van der Waals surface area (Å²) < 4.78 is -0.953. The van der Waals surface area contributed by atoms with Crippen LogP contribution in [0.4, 0.5) is 0 Å². The van der Waals surface area contributed by atoms with Crippen LogP contribution in [0, 0.1) is 10.4 Å². The normalized spacial score (nSPS) is 13.6. The molecule has 1 atom stereocenters. The van der Waals surface area contributed by atoms with Crippen molar-refractivity contribution in [2.45, 2.75) is 38.5 Å². The zero-order chi connectivity index (χ0) is 24.9. The molecule has 1 unspecified atom stereocenters. The fourth-order valence-corrected chi connectivity index (χ4v) is 3.72. The summed E-state index contributed by atoms with van der Waals surface area (Å²) in [6.07, 6.45) is 0.289. The average molecular weight is 456 g/mol. The number of likely N-dealkylation sites (N-methyl/N-ethyl adjacent to an activating group) is 2. The molecule has 33 heavy (non-hydrogen) atoms. The van der Waals surface area contributed by atoms with Crippen LogP contribution >= 0.6 is 0 Å². The lowest BCUT2D eigenvalue weighted by molar-refractivity contribution is -0.842. The lowest BCUT2D eigenvalue weighted by Gasteiger charge is -2.38. The first-order chi connectivity index (χ1) is 15.2. The second-order valence-electron chi connectivity index (χ2n) is 11.0. The molecule has 0 saturated heterocycles. The molecule has 0 aliphatic carbocycles. The van der Waals surface area contributed by atoms with E-state index in [9.17, 15) is 15.2 Å². The Morgan fingerprint density at radius 2 is 1.27 bits per heavy atom. The fraction of sp³-hybridized carbons (Fsp3) is 0.519. The molecule has 0 N–H and O–H groups in total. The standard InChI is InChI=1S/C27H41N3O3/c1-27(2,3)24-15-13-23(14-16-24)25(22-11-9-8-10-12-22)21-26(31)28(17-19-29(4,5)32)18-20-30(6,7)33/h8-16,25H,17-21H2,1-7H3. The second-order valence-corrected chi connectivity index (χ2v) is 11.0. The first-order valence-corrected chi connectivity index (χ1v) is 11.7. The van der Waals surface area contributed by atoms with Crippen LogP contribution in [-0.4, -0.2) is 74.5 Å². The van der Waals surface area contributed by atoms with Crippen molar-refractivity contribution in [2.75, 3.05) is 54.4 Å². The first-order valence-electron chi connectivity index (χ1n) is 11.7.